The molecule has 1 aliphatic rings. The van der Waals surface area contributed by atoms with E-state index in [4.69, 9.17) is 0 Å². The highest BCUT2D eigenvalue weighted by atomic mass is 32.2. The van der Waals surface area contributed by atoms with Crippen LogP contribution in [-0.2, 0) is 14.6 Å². The van der Waals surface area contributed by atoms with E-state index in [2.05, 4.69) is 10.1 Å². The molecule has 21 heavy (non-hydrogen) atoms. The van der Waals surface area contributed by atoms with Crippen LogP contribution in [0, 0.1) is 13.8 Å². The van der Waals surface area contributed by atoms with Crippen LogP contribution in [-0.4, -0.2) is 58.6 Å². The van der Waals surface area contributed by atoms with Gasteiger partial charge in [-0.15, -0.1) is 0 Å². The lowest BCUT2D eigenvalue weighted by Gasteiger charge is -2.33. The lowest BCUT2D eigenvalue weighted by Crippen LogP contribution is -2.43. The standard InChI is InChI=1S/C13H22N4O3S/c1-4-21(19,20)9-13(18)16-7-5-6-12(8-16)17-11(3)14-10(2)15-17/h12H,4-9H2,1-3H3/t12-/m1/s1. The Bertz CT molecular complexity index is 623. The predicted molar refractivity (Wildman–Crippen MR) is 78.7 cm³/mol. The van der Waals surface area contributed by atoms with Crippen LogP contribution in [0.2, 0.25) is 0 Å². The Kier molecular flexibility index (Phi) is 4.65. The second-order valence-corrected chi connectivity index (χ2v) is 7.82. The van der Waals surface area contributed by atoms with Gasteiger partial charge in [-0.3, -0.25) is 4.79 Å². The number of hydrogen-bond acceptors (Lipinski definition) is 5. The van der Waals surface area contributed by atoms with Gasteiger partial charge in [0.05, 0.1) is 6.04 Å². The molecule has 1 aliphatic heterocycles. The summed E-state index contributed by atoms with van der Waals surface area (Å²) in [5, 5.41) is 4.37. The maximum absolute atomic E-state index is 12.1. The number of aromatic nitrogens is 3. The molecular formula is C13H22N4O3S. The van der Waals surface area contributed by atoms with Crippen LogP contribution in [0.1, 0.15) is 37.5 Å². The van der Waals surface area contributed by atoms with Gasteiger partial charge in [0.2, 0.25) is 5.91 Å². The molecule has 1 aromatic rings. The zero-order valence-corrected chi connectivity index (χ0v) is 13.6. The van der Waals surface area contributed by atoms with Gasteiger partial charge in [-0.1, -0.05) is 6.92 Å². The van der Waals surface area contributed by atoms with Gasteiger partial charge in [0.25, 0.3) is 0 Å². The first-order valence-corrected chi connectivity index (χ1v) is 9.02. The Balaban J connectivity index is 2.07. The second-order valence-electron chi connectivity index (χ2n) is 5.46. The molecule has 1 atom stereocenters. The molecule has 0 unspecified atom stereocenters. The minimum atomic E-state index is -3.28. The smallest absolute Gasteiger partial charge is 0.237 e. The summed E-state index contributed by atoms with van der Waals surface area (Å²) in [7, 11) is -3.28. The third kappa shape index (κ3) is 3.81. The first-order valence-electron chi connectivity index (χ1n) is 7.20. The van der Waals surface area contributed by atoms with E-state index in [-0.39, 0.29) is 17.7 Å². The van der Waals surface area contributed by atoms with Crippen molar-refractivity contribution in [2.45, 2.75) is 39.7 Å². The number of rotatable bonds is 4. The number of carbonyl (C=O) groups is 1. The summed E-state index contributed by atoms with van der Waals surface area (Å²) in [6, 6.07) is 0.0771. The average molecular weight is 314 g/mol. The molecule has 1 aromatic heterocycles. The monoisotopic (exact) mass is 314 g/mol. The van der Waals surface area contributed by atoms with Crippen LogP contribution in [0.15, 0.2) is 0 Å². The highest BCUT2D eigenvalue weighted by Gasteiger charge is 2.28. The molecule has 0 aliphatic carbocycles. The molecule has 0 radical (unpaired) electrons. The topological polar surface area (TPSA) is 85.2 Å². The molecule has 1 amide bonds. The fourth-order valence-electron chi connectivity index (χ4n) is 2.64. The molecule has 1 fully saturated rings. The van der Waals surface area contributed by atoms with E-state index in [0.717, 1.165) is 18.7 Å². The zero-order chi connectivity index (χ0) is 15.6. The molecular weight excluding hydrogens is 292 g/mol. The van der Waals surface area contributed by atoms with Gasteiger partial charge < -0.3 is 4.90 Å². The Morgan fingerprint density at radius 1 is 1.38 bits per heavy atom. The summed E-state index contributed by atoms with van der Waals surface area (Å²) in [6.45, 7) is 6.40. The number of sulfone groups is 1. The maximum Gasteiger partial charge on any atom is 0.237 e. The minimum absolute atomic E-state index is 0.00259. The molecule has 0 spiro atoms. The molecule has 0 bridgehead atoms. The lowest BCUT2D eigenvalue weighted by atomic mass is 10.1. The highest BCUT2D eigenvalue weighted by Crippen LogP contribution is 2.22. The first-order chi connectivity index (χ1) is 9.82. The van der Waals surface area contributed by atoms with E-state index in [1.54, 1.807) is 11.8 Å². The van der Waals surface area contributed by atoms with Gasteiger partial charge in [-0.05, 0) is 26.7 Å². The van der Waals surface area contributed by atoms with E-state index in [1.165, 1.54) is 0 Å². The van der Waals surface area contributed by atoms with E-state index in [1.807, 2.05) is 18.5 Å². The number of aryl methyl sites for hydroxylation is 2. The fourth-order valence-corrected chi connectivity index (χ4v) is 3.41. The van der Waals surface area contributed by atoms with Crippen molar-refractivity contribution < 1.29 is 13.2 Å². The summed E-state index contributed by atoms with van der Waals surface area (Å²) in [5.74, 6) is 0.830. The summed E-state index contributed by atoms with van der Waals surface area (Å²) in [5.41, 5.74) is 0. The lowest BCUT2D eigenvalue weighted by molar-refractivity contribution is -0.130. The van der Waals surface area contributed by atoms with Crippen LogP contribution < -0.4 is 0 Å². The van der Waals surface area contributed by atoms with Crippen molar-refractivity contribution in [3.63, 3.8) is 0 Å². The van der Waals surface area contributed by atoms with Crippen LogP contribution in [0.3, 0.4) is 0 Å². The van der Waals surface area contributed by atoms with Crippen molar-refractivity contribution in [2.24, 2.45) is 0 Å². The van der Waals surface area contributed by atoms with Gasteiger partial charge >= 0.3 is 0 Å². The number of carbonyl (C=O) groups excluding carboxylic acids is 1. The summed E-state index contributed by atoms with van der Waals surface area (Å²) < 4.78 is 25.0. The summed E-state index contributed by atoms with van der Waals surface area (Å²) in [4.78, 5) is 18.1. The number of hydrogen-bond donors (Lipinski definition) is 0. The molecule has 0 aromatic carbocycles. The molecule has 8 heteroatoms. The van der Waals surface area contributed by atoms with Crippen molar-refractivity contribution in [2.75, 3.05) is 24.6 Å². The van der Waals surface area contributed by atoms with E-state index in [0.29, 0.717) is 18.9 Å². The highest BCUT2D eigenvalue weighted by molar-refractivity contribution is 7.92. The average Bonchev–Trinajstić information content (AvgIpc) is 2.77. The number of nitrogens with zero attached hydrogens (tertiary/aromatic N) is 4. The van der Waals surface area contributed by atoms with Crippen molar-refractivity contribution in [1.29, 1.82) is 0 Å². The van der Waals surface area contributed by atoms with E-state index < -0.39 is 15.6 Å². The van der Waals surface area contributed by atoms with Crippen LogP contribution in [0.5, 0.6) is 0 Å². The van der Waals surface area contributed by atoms with Crippen molar-refractivity contribution in [3.8, 4) is 0 Å². The number of piperidine rings is 1. The molecule has 2 rings (SSSR count). The fraction of sp³-hybridized carbons (Fsp3) is 0.769. The number of likely N-dealkylation sites (tertiary alicyclic amines) is 1. The molecule has 118 valence electrons. The van der Waals surface area contributed by atoms with Gasteiger partial charge in [-0.25, -0.2) is 18.1 Å². The molecule has 7 nitrogen and oxygen atoms in total. The Morgan fingerprint density at radius 3 is 2.67 bits per heavy atom. The van der Waals surface area contributed by atoms with Gasteiger partial charge in [0, 0.05) is 18.8 Å². The SMILES string of the molecule is CCS(=O)(=O)CC(=O)N1CCC[C@@H](n2nc(C)nc2C)C1. The third-order valence-electron chi connectivity index (χ3n) is 3.79. The van der Waals surface area contributed by atoms with Crippen LogP contribution in [0.25, 0.3) is 0 Å². The van der Waals surface area contributed by atoms with Crippen molar-refractivity contribution >= 4 is 15.7 Å². The normalized spacial score (nSPS) is 19.8. The molecule has 1 saturated heterocycles. The van der Waals surface area contributed by atoms with Gasteiger partial charge in [0.15, 0.2) is 9.84 Å². The minimum Gasteiger partial charge on any atom is -0.340 e. The summed E-state index contributed by atoms with van der Waals surface area (Å²) in [6.07, 6.45) is 1.77. The predicted octanol–water partition coefficient (Wildman–Crippen LogP) is 0.493. The number of amides is 1. The quantitative estimate of drug-likeness (QED) is 0.807. The zero-order valence-electron chi connectivity index (χ0n) is 12.7. The summed E-state index contributed by atoms with van der Waals surface area (Å²) >= 11 is 0. The second kappa shape index (κ2) is 6.13. The molecule has 0 N–H and O–H groups in total. The molecule has 0 saturated carbocycles. The molecule has 2 heterocycles. The first kappa shape index (κ1) is 15.9. The van der Waals surface area contributed by atoms with E-state index >= 15 is 0 Å². The maximum atomic E-state index is 12.1. The van der Waals surface area contributed by atoms with Gasteiger partial charge in [0.1, 0.15) is 17.4 Å². The van der Waals surface area contributed by atoms with Crippen LogP contribution >= 0.6 is 0 Å². The third-order valence-corrected chi connectivity index (χ3v) is 5.35. The largest absolute Gasteiger partial charge is 0.340 e. The Labute approximate surface area is 125 Å². The Hall–Kier alpha value is -1.44. The van der Waals surface area contributed by atoms with Gasteiger partial charge in [-0.2, -0.15) is 5.10 Å². The Morgan fingerprint density at radius 2 is 2.10 bits per heavy atom. The van der Waals surface area contributed by atoms with Crippen molar-refractivity contribution in [1.82, 2.24) is 19.7 Å². The van der Waals surface area contributed by atoms with Crippen LogP contribution in [0.4, 0.5) is 0 Å². The van der Waals surface area contributed by atoms with E-state index in [9.17, 15) is 13.2 Å². The van der Waals surface area contributed by atoms with Crippen molar-refractivity contribution in [3.05, 3.63) is 11.6 Å².